The molecule has 0 fully saturated rings. The highest BCUT2D eigenvalue weighted by Gasteiger charge is 2.21. The van der Waals surface area contributed by atoms with Crippen LogP contribution in [0.1, 0.15) is 0 Å². The van der Waals surface area contributed by atoms with Gasteiger partial charge < -0.3 is 4.42 Å². The van der Waals surface area contributed by atoms with Crippen LogP contribution in [0.2, 0.25) is 0 Å². The Morgan fingerprint density at radius 1 is 0.413 bits per heavy atom. The summed E-state index contributed by atoms with van der Waals surface area (Å²) in [6.45, 7) is 0. The lowest BCUT2D eigenvalue weighted by atomic mass is 10.0. The van der Waals surface area contributed by atoms with Crippen molar-refractivity contribution in [2.45, 2.75) is 0 Å². The van der Waals surface area contributed by atoms with E-state index in [0.29, 0.717) is 17.6 Å². The molecular weight excluding hydrogens is 564 g/mol. The van der Waals surface area contributed by atoms with Crippen molar-refractivity contribution < 1.29 is 4.42 Å². The number of aromatic nitrogens is 4. The van der Waals surface area contributed by atoms with Crippen LogP contribution in [0.5, 0.6) is 0 Å². The SMILES string of the molecule is c1ccc(-c2nc(-c3ccccc3)nc(-n3c4cc5ccccc5cc4c4cc5oc6c7ccccc7ccc6c5cc43)n2)cc1. The Balaban J connectivity index is 1.35. The molecule has 46 heavy (non-hydrogen) atoms. The van der Waals surface area contributed by atoms with E-state index in [2.05, 4.69) is 89.5 Å². The molecule has 7 aromatic carbocycles. The van der Waals surface area contributed by atoms with Crippen molar-refractivity contribution in [3.8, 4) is 28.7 Å². The van der Waals surface area contributed by atoms with E-state index in [0.717, 1.165) is 71.0 Å². The van der Waals surface area contributed by atoms with Crippen LogP contribution in [0.3, 0.4) is 0 Å². The topological polar surface area (TPSA) is 56.7 Å². The molecule has 0 aliphatic rings. The molecule has 0 amide bonds. The second kappa shape index (κ2) is 9.58. The third kappa shape index (κ3) is 3.72. The molecule has 10 rings (SSSR count). The standard InChI is InChI=1S/C41H24N4O/c1-3-12-26(13-4-1)39-42-40(27-14-5-2-6-15-27)44-41(43-39)45-35-22-29-17-8-7-16-28(29)21-32(35)33-24-37-34(23-36(33)45)31-20-19-25-11-9-10-18-30(25)38(31)46-37/h1-24H. The van der Waals surface area contributed by atoms with Crippen LogP contribution in [-0.2, 0) is 0 Å². The fourth-order valence-corrected chi connectivity index (χ4v) is 6.81. The molecule has 5 nitrogen and oxygen atoms in total. The average molecular weight is 589 g/mol. The van der Waals surface area contributed by atoms with E-state index in [1.807, 2.05) is 60.7 Å². The number of furan rings is 1. The van der Waals surface area contributed by atoms with Crippen LogP contribution in [0.4, 0.5) is 0 Å². The van der Waals surface area contributed by atoms with Crippen LogP contribution in [-0.4, -0.2) is 19.5 Å². The van der Waals surface area contributed by atoms with E-state index in [9.17, 15) is 0 Å². The molecule has 0 spiro atoms. The maximum Gasteiger partial charge on any atom is 0.238 e. The minimum absolute atomic E-state index is 0.570. The van der Waals surface area contributed by atoms with Crippen molar-refractivity contribution in [3.05, 3.63) is 146 Å². The quantitative estimate of drug-likeness (QED) is 0.206. The first-order valence-electron chi connectivity index (χ1n) is 15.4. The highest BCUT2D eigenvalue weighted by atomic mass is 16.3. The van der Waals surface area contributed by atoms with Gasteiger partial charge in [-0.2, -0.15) is 9.97 Å². The zero-order chi connectivity index (χ0) is 30.2. The Morgan fingerprint density at radius 2 is 1.00 bits per heavy atom. The van der Waals surface area contributed by atoms with E-state index >= 15 is 0 Å². The van der Waals surface area contributed by atoms with E-state index in [4.69, 9.17) is 19.4 Å². The molecule has 214 valence electrons. The van der Waals surface area contributed by atoms with Crippen LogP contribution < -0.4 is 0 Å². The highest BCUT2D eigenvalue weighted by Crippen LogP contribution is 2.41. The summed E-state index contributed by atoms with van der Waals surface area (Å²) in [5.41, 5.74) is 5.67. The average Bonchev–Trinajstić information content (AvgIpc) is 3.64. The maximum atomic E-state index is 6.63. The molecular formula is C41H24N4O. The molecule has 10 aromatic rings. The molecule has 0 aliphatic heterocycles. The number of nitrogens with zero attached hydrogens (tertiary/aromatic N) is 4. The van der Waals surface area contributed by atoms with Crippen LogP contribution in [0.25, 0.3) is 94.0 Å². The highest BCUT2D eigenvalue weighted by molar-refractivity contribution is 6.21. The van der Waals surface area contributed by atoms with Gasteiger partial charge in [0.2, 0.25) is 5.95 Å². The Labute approximate surface area is 263 Å². The molecule has 0 aliphatic carbocycles. The first kappa shape index (κ1) is 25.0. The molecule has 0 radical (unpaired) electrons. The van der Waals surface area contributed by atoms with Crippen LogP contribution in [0, 0.1) is 0 Å². The Hall–Kier alpha value is -6.33. The molecule has 5 heteroatoms. The van der Waals surface area contributed by atoms with E-state index < -0.39 is 0 Å². The van der Waals surface area contributed by atoms with Gasteiger partial charge in [0.1, 0.15) is 11.2 Å². The molecule has 0 N–H and O–H groups in total. The van der Waals surface area contributed by atoms with Crippen LogP contribution >= 0.6 is 0 Å². The molecule has 0 atom stereocenters. The Kier molecular flexibility index (Phi) is 5.22. The number of rotatable bonds is 3. The second-order valence-corrected chi connectivity index (χ2v) is 11.7. The second-order valence-electron chi connectivity index (χ2n) is 11.7. The van der Waals surface area contributed by atoms with Crippen molar-refractivity contribution in [1.29, 1.82) is 0 Å². The molecule has 0 unspecified atom stereocenters. The van der Waals surface area contributed by atoms with Gasteiger partial charge in [0.05, 0.1) is 11.0 Å². The van der Waals surface area contributed by atoms with Crippen molar-refractivity contribution >= 4 is 65.3 Å². The van der Waals surface area contributed by atoms with Gasteiger partial charge in [-0.05, 0) is 46.5 Å². The molecule has 0 saturated heterocycles. The predicted octanol–water partition coefficient (Wildman–Crippen LogP) is 10.5. The van der Waals surface area contributed by atoms with Crippen molar-refractivity contribution in [2.75, 3.05) is 0 Å². The van der Waals surface area contributed by atoms with Gasteiger partial charge in [-0.15, -0.1) is 0 Å². The summed E-state index contributed by atoms with van der Waals surface area (Å²) in [6, 6.07) is 50.3. The van der Waals surface area contributed by atoms with E-state index in [-0.39, 0.29) is 0 Å². The Bertz CT molecular complexity index is 2740. The summed E-state index contributed by atoms with van der Waals surface area (Å²) in [7, 11) is 0. The third-order valence-electron chi connectivity index (χ3n) is 9.00. The summed E-state index contributed by atoms with van der Waals surface area (Å²) in [6.07, 6.45) is 0. The molecule has 0 saturated carbocycles. The number of benzene rings is 7. The summed E-state index contributed by atoms with van der Waals surface area (Å²) in [5.74, 6) is 1.82. The lowest BCUT2D eigenvalue weighted by molar-refractivity contribution is 0.673. The van der Waals surface area contributed by atoms with Gasteiger partial charge >= 0.3 is 0 Å². The van der Waals surface area contributed by atoms with Crippen molar-refractivity contribution in [3.63, 3.8) is 0 Å². The van der Waals surface area contributed by atoms with Gasteiger partial charge in [-0.25, -0.2) is 4.98 Å². The van der Waals surface area contributed by atoms with Gasteiger partial charge in [0.15, 0.2) is 11.6 Å². The first-order chi connectivity index (χ1) is 22.8. The van der Waals surface area contributed by atoms with Gasteiger partial charge in [-0.1, -0.05) is 115 Å². The van der Waals surface area contributed by atoms with Gasteiger partial charge in [0.25, 0.3) is 0 Å². The molecule has 3 aromatic heterocycles. The lowest BCUT2D eigenvalue weighted by Gasteiger charge is -2.11. The van der Waals surface area contributed by atoms with Gasteiger partial charge in [-0.3, -0.25) is 4.57 Å². The molecule has 0 bridgehead atoms. The number of hydrogen-bond donors (Lipinski definition) is 0. The maximum absolute atomic E-state index is 6.63. The zero-order valence-electron chi connectivity index (χ0n) is 24.6. The summed E-state index contributed by atoms with van der Waals surface area (Å²) < 4.78 is 8.82. The fourth-order valence-electron chi connectivity index (χ4n) is 6.81. The largest absolute Gasteiger partial charge is 0.455 e. The van der Waals surface area contributed by atoms with E-state index in [1.165, 1.54) is 5.39 Å². The minimum atomic E-state index is 0.570. The van der Waals surface area contributed by atoms with E-state index in [1.54, 1.807) is 0 Å². The fraction of sp³-hybridized carbons (Fsp3) is 0. The normalized spacial score (nSPS) is 11.9. The number of fused-ring (bicyclic) bond motifs is 9. The zero-order valence-corrected chi connectivity index (χ0v) is 24.6. The summed E-state index contributed by atoms with van der Waals surface area (Å²) in [5, 5.41) is 8.94. The monoisotopic (exact) mass is 588 g/mol. The van der Waals surface area contributed by atoms with Crippen molar-refractivity contribution in [1.82, 2.24) is 19.5 Å². The number of hydrogen-bond acceptors (Lipinski definition) is 4. The minimum Gasteiger partial charge on any atom is -0.455 e. The smallest absolute Gasteiger partial charge is 0.238 e. The lowest BCUT2D eigenvalue weighted by Crippen LogP contribution is -2.06. The summed E-state index contributed by atoms with van der Waals surface area (Å²) >= 11 is 0. The Morgan fingerprint density at radius 3 is 1.72 bits per heavy atom. The summed E-state index contributed by atoms with van der Waals surface area (Å²) in [4.78, 5) is 15.2. The molecule has 3 heterocycles. The van der Waals surface area contributed by atoms with Gasteiger partial charge in [0, 0.05) is 38.1 Å². The third-order valence-corrected chi connectivity index (χ3v) is 9.00. The van der Waals surface area contributed by atoms with Crippen LogP contribution in [0.15, 0.2) is 150 Å². The van der Waals surface area contributed by atoms with Crippen molar-refractivity contribution in [2.24, 2.45) is 0 Å². The predicted molar refractivity (Wildman–Crippen MR) is 187 cm³/mol. The first-order valence-corrected chi connectivity index (χ1v) is 15.4.